The quantitative estimate of drug-likeness (QED) is 0.652. The van der Waals surface area contributed by atoms with Gasteiger partial charge in [0, 0.05) is 27.7 Å². The molecule has 0 saturated carbocycles. The number of aliphatic carboxylic acids is 1. The van der Waals surface area contributed by atoms with Crippen molar-refractivity contribution >= 4 is 29.2 Å². The zero-order chi connectivity index (χ0) is 20.5. The first-order chi connectivity index (χ1) is 13.9. The van der Waals surface area contributed by atoms with Crippen molar-refractivity contribution in [1.29, 1.82) is 0 Å². The first-order valence-corrected chi connectivity index (χ1v) is 10.9. The highest BCUT2D eigenvalue weighted by Gasteiger charge is 2.36. The van der Waals surface area contributed by atoms with Gasteiger partial charge in [-0.2, -0.15) is 0 Å². The summed E-state index contributed by atoms with van der Waals surface area (Å²) in [6.45, 7) is 3.32. The first-order valence-electron chi connectivity index (χ1n) is 10.1. The molecule has 0 bridgehead atoms. The van der Waals surface area contributed by atoms with Crippen LogP contribution in [0.5, 0.6) is 5.75 Å². The Morgan fingerprint density at radius 1 is 1.21 bits per heavy atom. The Kier molecular flexibility index (Phi) is 6.05. The number of aryl methyl sites for hydroxylation is 1. The summed E-state index contributed by atoms with van der Waals surface area (Å²) < 4.78 is 5.97. The lowest BCUT2D eigenvalue weighted by Crippen LogP contribution is -2.44. The minimum Gasteiger partial charge on any atom is -0.489 e. The molecular weight excluding hydrogens is 409 g/mol. The molecule has 0 aromatic heterocycles. The standard InChI is InChI=1S/C23H25Cl2NO3/c1-14-11-16(23(27)28)9-10-26(14)22-8-5-15-12-17(6-7-18(15)22)29-13-19-20(24)3-2-4-21(19)25/h2-4,6-7,12,14,16,22H,5,8-11,13H2,1H3,(H,27,28). The highest BCUT2D eigenvalue weighted by Crippen LogP contribution is 2.41. The predicted molar refractivity (Wildman–Crippen MR) is 115 cm³/mol. The number of halogens is 2. The van der Waals surface area contributed by atoms with Crippen LogP contribution in [0, 0.1) is 5.92 Å². The second-order valence-electron chi connectivity index (χ2n) is 8.05. The van der Waals surface area contributed by atoms with Gasteiger partial charge < -0.3 is 9.84 Å². The van der Waals surface area contributed by atoms with Crippen LogP contribution in [0.1, 0.15) is 48.9 Å². The largest absolute Gasteiger partial charge is 0.489 e. The van der Waals surface area contributed by atoms with E-state index in [-0.39, 0.29) is 12.0 Å². The van der Waals surface area contributed by atoms with E-state index in [9.17, 15) is 9.90 Å². The monoisotopic (exact) mass is 433 g/mol. The minimum atomic E-state index is -0.663. The molecule has 6 heteroatoms. The van der Waals surface area contributed by atoms with Crippen LogP contribution < -0.4 is 4.74 Å². The van der Waals surface area contributed by atoms with E-state index < -0.39 is 5.97 Å². The van der Waals surface area contributed by atoms with Crippen LogP contribution in [0.4, 0.5) is 0 Å². The summed E-state index contributed by atoms with van der Waals surface area (Å²) in [5.41, 5.74) is 3.45. The summed E-state index contributed by atoms with van der Waals surface area (Å²) >= 11 is 12.5. The third kappa shape index (κ3) is 4.25. The molecule has 1 aliphatic heterocycles. The number of nitrogens with zero attached hydrogens (tertiary/aromatic N) is 1. The van der Waals surface area contributed by atoms with Gasteiger partial charge in [0.25, 0.3) is 0 Å². The fourth-order valence-electron chi connectivity index (χ4n) is 4.71. The van der Waals surface area contributed by atoms with Crippen LogP contribution in [-0.4, -0.2) is 28.6 Å². The fourth-order valence-corrected chi connectivity index (χ4v) is 5.22. The summed E-state index contributed by atoms with van der Waals surface area (Å²) in [5.74, 6) is -0.0590. The maximum Gasteiger partial charge on any atom is 0.306 e. The molecule has 1 N–H and O–H groups in total. The molecule has 1 heterocycles. The Morgan fingerprint density at radius 3 is 2.66 bits per heavy atom. The molecule has 3 atom stereocenters. The molecule has 1 saturated heterocycles. The lowest BCUT2D eigenvalue weighted by atomic mass is 9.89. The van der Waals surface area contributed by atoms with Crippen molar-refractivity contribution in [1.82, 2.24) is 4.90 Å². The SMILES string of the molecule is CC1CC(C(=O)O)CCN1C1CCc2cc(OCc3c(Cl)cccc3Cl)ccc21. The average Bonchev–Trinajstić information content (AvgIpc) is 3.10. The number of carboxylic acids is 1. The number of carbonyl (C=O) groups is 1. The van der Waals surface area contributed by atoms with Crippen molar-refractivity contribution < 1.29 is 14.6 Å². The number of hydrogen-bond donors (Lipinski definition) is 1. The maximum atomic E-state index is 11.3. The van der Waals surface area contributed by atoms with Gasteiger partial charge in [0.2, 0.25) is 0 Å². The molecule has 2 aliphatic rings. The maximum absolute atomic E-state index is 11.3. The Morgan fingerprint density at radius 2 is 1.97 bits per heavy atom. The third-order valence-electron chi connectivity index (χ3n) is 6.28. The van der Waals surface area contributed by atoms with Gasteiger partial charge in [-0.05, 0) is 74.5 Å². The Hall–Kier alpha value is -1.75. The number of hydrogen-bond acceptors (Lipinski definition) is 3. The summed E-state index contributed by atoms with van der Waals surface area (Å²) in [6, 6.07) is 12.4. The van der Waals surface area contributed by atoms with E-state index in [1.807, 2.05) is 24.3 Å². The Labute approximate surface area is 181 Å². The summed E-state index contributed by atoms with van der Waals surface area (Å²) in [5, 5.41) is 10.5. The minimum absolute atomic E-state index is 0.213. The van der Waals surface area contributed by atoms with Crippen molar-refractivity contribution in [2.24, 2.45) is 5.92 Å². The van der Waals surface area contributed by atoms with Crippen LogP contribution in [0.15, 0.2) is 36.4 Å². The molecule has 1 fully saturated rings. The average molecular weight is 434 g/mol. The third-order valence-corrected chi connectivity index (χ3v) is 6.99. The lowest BCUT2D eigenvalue weighted by molar-refractivity contribution is -0.144. The highest BCUT2D eigenvalue weighted by atomic mass is 35.5. The summed E-state index contributed by atoms with van der Waals surface area (Å²) in [6.07, 6.45) is 3.53. The van der Waals surface area contributed by atoms with E-state index in [1.165, 1.54) is 11.1 Å². The second kappa shape index (κ2) is 8.55. The lowest BCUT2D eigenvalue weighted by Gasteiger charge is -2.40. The molecule has 4 rings (SSSR count). The normalized spacial score (nSPS) is 24.3. The van der Waals surface area contributed by atoms with Crippen molar-refractivity contribution in [3.63, 3.8) is 0 Å². The van der Waals surface area contributed by atoms with E-state index in [0.29, 0.717) is 22.7 Å². The molecule has 1 aliphatic carbocycles. The van der Waals surface area contributed by atoms with Crippen molar-refractivity contribution in [3.05, 3.63) is 63.1 Å². The topological polar surface area (TPSA) is 49.8 Å². The Balaban J connectivity index is 1.45. The van der Waals surface area contributed by atoms with E-state index in [0.717, 1.165) is 43.5 Å². The van der Waals surface area contributed by atoms with Gasteiger partial charge in [-0.3, -0.25) is 9.69 Å². The van der Waals surface area contributed by atoms with Crippen molar-refractivity contribution in [2.75, 3.05) is 6.54 Å². The number of fused-ring (bicyclic) bond motifs is 1. The molecule has 4 nitrogen and oxygen atoms in total. The fraction of sp³-hybridized carbons (Fsp3) is 0.435. The molecule has 29 heavy (non-hydrogen) atoms. The number of ether oxygens (including phenoxy) is 1. The molecule has 2 aromatic carbocycles. The van der Waals surface area contributed by atoms with E-state index in [2.05, 4.69) is 24.0 Å². The summed E-state index contributed by atoms with van der Waals surface area (Å²) in [4.78, 5) is 13.8. The number of likely N-dealkylation sites (tertiary alicyclic amines) is 1. The van der Waals surface area contributed by atoms with E-state index in [4.69, 9.17) is 27.9 Å². The van der Waals surface area contributed by atoms with Gasteiger partial charge in [-0.25, -0.2) is 0 Å². The van der Waals surface area contributed by atoms with Gasteiger partial charge in [-0.1, -0.05) is 35.3 Å². The predicted octanol–water partition coefficient (Wildman–Crippen LogP) is 5.74. The number of benzene rings is 2. The van der Waals surface area contributed by atoms with Gasteiger partial charge in [0.05, 0.1) is 5.92 Å². The molecule has 0 radical (unpaired) electrons. The van der Waals surface area contributed by atoms with Gasteiger partial charge in [-0.15, -0.1) is 0 Å². The van der Waals surface area contributed by atoms with Crippen LogP contribution in [0.3, 0.4) is 0 Å². The molecule has 154 valence electrons. The van der Waals surface area contributed by atoms with Crippen molar-refractivity contribution in [2.45, 2.75) is 51.3 Å². The van der Waals surface area contributed by atoms with Crippen LogP contribution in [-0.2, 0) is 17.8 Å². The van der Waals surface area contributed by atoms with Crippen molar-refractivity contribution in [3.8, 4) is 5.75 Å². The number of piperidine rings is 1. The molecule has 0 spiro atoms. The highest BCUT2D eigenvalue weighted by molar-refractivity contribution is 6.35. The van der Waals surface area contributed by atoms with Gasteiger partial charge in [0.15, 0.2) is 0 Å². The Bertz CT molecular complexity index is 897. The smallest absolute Gasteiger partial charge is 0.306 e. The van der Waals surface area contributed by atoms with Gasteiger partial charge in [0.1, 0.15) is 12.4 Å². The molecule has 3 unspecified atom stereocenters. The second-order valence-corrected chi connectivity index (χ2v) is 8.86. The molecule has 0 amide bonds. The van der Waals surface area contributed by atoms with E-state index in [1.54, 1.807) is 0 Å². The molecular formula is C23H25Cl2NO3. The first kappa shape index (κ1) is 20.5. The van der Waals surface area contributed by atoms with E-state index >= 15 is 0 Å². The van der Waals surface area contributed by atoms with Crippen LogP contribution >= 0.6 is 23.2 Å². The summed E-state index contributed by atoms with van der Waals surface area (Å²) in [7, 11) is 0. The van der Waals surface area contributed by atoms with Crippen LogP contribution in [0.2, 0.25) is 10.0 Å². The zero-order valence-corrected chi connectivity index (χ0v) is 17.9. The number of carboxylic acid groups (broad SMARTS) is 1. The van der Waals surface area contributed by atoms with Gasteiger partial charge >= 0.3 is 5.97 Å². The number of rotatable bonds is 5. The van der Waals surface area contributed by atoms with Crippen LogP contribution in [0.25, 0.3) is 0 Å². The zero-order valence-electron chi connectivity index (χ0n) is 16.4. The molecule has 2 aromatic rings.